The number of rotatable bonds is 8. The van der Waals surface area contributed by atoms with Crippen molar-refractivity contribution in [3.8, 4) is 45.4 Å². The van der Waals surface area contributed by atoms with Crippen molar-refractivity contribution >= 4 is 11.6 Å². The van der Waals surface area contributed by atoms with E-state index in [1.54, 1.807) is 33.9 Å². The lowest BCUT2D eigenvalue weighted by atomic mass is 10.00. The number of phenols is 2. The molecule has 0 radical (unpaired) electrons. The molecule has 3 saturated heterocycles. The molecule has 15 nitrogen and oxygen atoms in total. The Balaban J connectivity index is 0.000000151. The van der Waals surface area contributed by atoms with Gasteiger partial charge in [-0.3, -0.25) is 4.90 Å². The van der Waals surface area contributed by atoms with E-state index in [1.165, 1.54) is 6.42 Å². The van der Waals surface area contributed by atoms with Gasteiger partial charge in [0.05, 0.1) is 29.4 Å². The maximum atomic E-state index is 10.4. The standard InChI is InChI=1S/C19H22N6O2.C19H20N6O/c26-13-12-23-8-10-24(11-9-23)19-5-4-17(21-22-19)16-3-2-15(14-18(16)27)25-7-1-6-20-25;26-18-9-15(25-7-1-6-21-25)2-3-16(18)17-4-5-19(23-22-17)24-11-13-8-14(12-24)20-10-13/h1-7,14,26-27H,8-13H2;1-7,9,13-14,20,26H,8,10-12H2. The first kappa shape index (κ1) is 34.2. The third kappa shape index (κ3) is 7.67. The fourth-order valence-corrected chi connectivity index (χ4v) is 7.24. The molecule has 0 amide bonds. The first-order valence-electron chi connectivity index (χ1n) is 17.9. The molecular formula is C38H42N12O3. The molecule has 4 aromatic heterocycles. The molecule has 2 atom stereocenters. The number of nitrogens with one attached hydrogen (secondary N) is 1. The van der Waals surface area contributed by atoms with E-state index >= 15 is 0 Å². The lowest BCUT2D eigenvalue weighted by Gasteiger charge is -2.34. The predicted molar refractivity (Wildman–Crippen MR) is 200 cm³/mol. The molecule has 3 fully saturated rings. The van der Waals surface area contributed by atoms with Crippen LogP contribution in [0.5, 0.6) is 11.5 Å². The highest BCUT2D eigenvalue weighted by Gasteiger charge is 2.33. The van der Waals surface area contributed by atoms with Gasteiger partial charge in [-0.2, -0.15) is 10.2 Å². The lowest BCUT2D eigenvalue weighted by Crippen LogP contribution is -2.47. The second-order valence-electron chi connectivity index (χ2n) is 13.5. The molecule has 0 aliphatic carbocycles. The number of nitrogens with zero attached hydrogens (tertiary/aromatic N) is 11. The van der Waals surface area contributed by atoms with Gasteiger partial charge in [-0.15, -0.1) is 20.4 Å². The van der Waals surface area contributed by atoms with Crippen LogP contribution in [0.25, 0.3) is 33.9 Å². The molecule has 2 aromatic carbocycles. The van der Waals surface area contributed by atoms with Crippen LogP contribution >= 0.6 is 0 Å². The minimum absolute atomic E-state index is 0.141. The van der Waals surface area contributed by atoms with Crippen molar-refractivity contribution in [2.24, 2.45) is 5.92 Å². The second-order valence-corrected chi connectivity index (χ2v) is 13.5. The molecule has 3 aliphatic heterocycles. The summed E-state index contributed by atoms with van der Waals surface area (Å²) >= 11 is 0. The number of β-amino-alcohol motifs (C(OH)–C–C–N with tert-alkyl or cyclic N) is 1. The highest BCUT2D eigenvalue weighted by atomic mass is 16.3. The van der Waals surface area contributed by atoms with E-state index in [0.29, 0.717) is 41.0 Å². The summed E-state index contributed by atoms with van der Waals surface area (Å²) in [6.45, 7) is 7.54. The Bertz CT molecular complexity index is 2070. The van der Waals surface area contributed by atoms with Crippen molar-refractivity contribution in [2.75, 3.05) is 68.8 Å². The molecule has 9 rings (SSSR count). The van der Waals surface area contributed by atoms with Crippen molar-refractivity contribution in [1.82, 2.24) is 50.2 Å². The van der Waals surface area contributed by atoms with Crippen LogP contribution in [0.1, 0.15) is 6.42 Å². The van der Waals surface area contributed by atoms with Crippen LogP contribution in [0.3, 0.4) is 0 Å². The summed E-state index contributed by atoms with van der Waals surface area (Å²) in [5.41, 5.74) is 4.18. The summed E-state index contributed by atoms with van der Waals surface area (Å²) in [6, 6.07) is 22.8. The zero-order valence-electron chi connectivity index (χ0n) is 29.2. The summed E-state index contributed by atoms with van der Waals surface area (Å²) in [5.74, 6) is 2.74. The smallest absolute Gasteiger partial charge is 0.151 e. The number of aliphatic hydroxyl groups excluding tert-OH is 1. The molecule has 6 aromatic rings. The van der Waals surface area contributed by atoms with Gasteiger partial charge in [0.15, 0.2) is 11.6 Å². The molecule has 2 bridgehead atoms. The molecule has 0 spiro atoms. The fourth-order valence-electron chi connectivity index (χ4n) is 7.24. The quantitative estimate of drug-likeness (QED) is 0.182. The van der Waals surface area contributed by atoms with Gasteiger partial charge >= 0.3 is 0 Å². The summed E-state index contributed by atoms with van der Waals surface area (Å²) in [6.07, 6.45) is 8.32. The largest absolute Gasteiger partial charge is 0.507 e. The highest BCUT2D eigenvalue weighted by molar-refractivity contribution is 5.70. The summed E-state index contributed by atoms with van der Waals surface area (Å²) < 4.78 is 3.39. The number of aromatic hydroxyl groups is 2. The van der Waals surface area contributed by atoms with Crippen LogP contribution in [-0.4, -0.2) is 125 Å². The molecule has 7 heterocycles. The van der Waals surface area contributed by atoms with E-state index in [1.807, 2.05) is 73.1 Å². The number of aliphatic hydroxyl groups is 1. The molecule has 0 saturated carbocycles. The van der Waals surface area contributed by atoms with Gasteiger partial charge in [-0.05, 0) is 73.0 Å². The van der Waals surface area contributed by atoms with Crippen LogP contribution in [0.2, 0.25) is 0 Å². The average molecular weight is 715 g/mol. The van der Waals surface area contributed by atoms with E-state index in [0.717, 1.165) is 68.8 Å². The minimum atomic E-state index is 0.141. The number of anilines is 2. The van der Waals surface area contributed by atoms with Gasteiger partial charge in [-0.1, -0.05) is 0 Å². The topological polar surface area (TPSA) is 170 Å². The van der Waals surface area contributed by atoms with Gasteiger partial charge in [0.25, 0.3) is 0 Å². The van der Waals surface area contributed by atoms with Crippen molar-refractivity contribution < 1.29 is 15.3 Å². The molecule has 272 valence electrons. The van der Waals surface area contributed by atoms with Gasteiger partial charge in [-0.25, -0.2) is 9.36 Å². The third-order valence-corrected chi connectivity index (χ3v) is 10.0. The van der Waals surface area contributed by atoms with E-state index in [-0.39, 0.29) is 18.1 Å². The average Bonchev–Trinajstić information content (AvgIpc) is 4.00. The van der Waals surface area contributed by atoms with Crippen molar-refractivity contribution in [3.05, 3.63) is 97.6 Å². The van der Waals surface area contributed by atoms with E-state index in [4.69, 9.17) is 5.11 Å². The van der Waals surface area contributed by atoms with Crippen LogP contribution in [0.15, 0.2) is 97.6 Å². The van der Waals surface area contributed by atoms with Crippen LogP contribution in [-0.2, 0) is 0 Å². The van der Waals surface area contributed by atoms with Crippen molar-refractivity contribution in [2.45, 2.75) is 12.5 Å². The van der Waals surface area contributed by atoms with E-state index in [9.17, 15) is 10.2 Å². The van der Waals surface area contributed by atoms with E-state index in [2.05, 4.69) is 50.6 Å². The Hall–Kier alpha value is -5.90. The van der Waals surface area contributed by atoms with Crippen LogP contribution < -0.4 is 15.1 Å². The number of piperazine rings is 1. The second kappa shape index (κ2) is 15.4. The maximum Gasteiger partial charge on any atom is 0.151 e. The first-order chi connectivity index (χ1) is 26.0. The third-order valence-electron chi connectivity index (χ3n) is 10.0. The molecule has 4 N–H and O–H groups in total. The Labute approximate surface area is 306 Å². The van der Waals surface area contributed by atoms with Gasteiger partial charge in [0.1, 0.15) is 11.5 Å². The highest BCUT2D eigenvalue weighted by Crippen LogP contribution is 2.32. The lowest BCUT2D eigenvalue weighted by molar-refractivity contribution is 0.188. The minimum Gasteiger partial charge on any atom is -0.507 e. The SMILES string of the molecule is OCCN1CCN(c2ccc(-c3ccc(-n4cccn4)cc3O)nn2)CC1.Oc1cc(-n2cccn2)ccc1-c1ccc(N2CC3CNC(C3)C2)nn1. The van der Waals surface area contributed by atoms with Crippen LogP contribution in [0.4, 0.5) is 11.6 Å². The normalized spacial score (nSPS) is 18.5. The van der Waals surface area contributed by atoms with Crippen molar-refractivity contribution in [1.29, 1.82) is 0 Å². The number of piperidine rings is 1. The molecule has 3 aliphatic rings. The first-order valence-corrected chi connectivity index (χ1v) is 17.9. The van der Waals surface area contributed by atoms with Gasteiger partial charge in [0.2, 0.25) is 0 Å². The van der Waals surface area contributed by atoms with Crippen molar-refractivity contribution in [3.63, 3.8) is 0 Å². The predicted octanol–water partition coefficient (Wildman–Crippen LogP) is 2.98. The Morgan fingerprint density at radius 2 is 1.25 bits per heavy atom. The summed E-state index contributed by atoms with van der Waals surface area (Å²) in [4.78, 5) is 6.72. The fraction of sp³-hybridized carbons (Fsp3) is 0.316. The van der Waals surface area contributed by atoms with Gasteiger partial charge < -0.3 is 30.4 Å². The maximum absolute atomic E-state index is 10.4. The number of phenolic OH excluding ortho intramolecular Hbond substituents is 2. The Kier molecular flexibility index (Phi) is 9.92. The van der Waals surface area contributed by atoms with E-state index < -0.39 is 0 Å². The Morgan fingerprint density at radius 3 is 1.72 bits per heavy atom. The summed E-state index contributed by atoms with van der Waals surface area (Å²) in [7, 11) is 0. The number of benzene rings is 2. The van der Waals surface area contributed by atoms with Gasteiger partial charge in [0, 0.05) is 106 Å². The molecular weight excluding hydrogens is 672 g/mol. The zero-order chi connectivity index (χ0) is 36.1. The number of hydrogen-bond acceptors (Lipinski definition) is 13. The zero-order valence-corrected chi connectivity index (χ0v) is 29.2. The van der Waals surface area contributed by atoms with Crippen LogP contribution in [0, 0.1) is 5.92 Å². The monoisotopic (exact) mass is 714 g/mol. The molecule has 53 heavy (non-hydrogen) atoms. The summed E-state index contributed by atoms with van der Waals surface area (Å²) in [5, 5.41) is 59.1. The number of fused-ring (bicyclic) bond motifs is 2. The Morgan fingerprint density at radius 1 is 0.660 bits per heavy atom. The molecule has 15 heteroatoms. The molecule has 2 unspecified atom stereocenters. The number of aromatic nitrogens is 8. The number of hydrogen-bond donors (Lipinski definition) is 4.